The summed E-state index contributed by atoms with van der Waals surface area (Å²) in [5, 5.41) is 5.44. The van der Waals surface area contributed by atoms with Gasteiger partial charge < -0.3 is 5.32 Å². The summed E-state index contributed by atoms with van der Waals surface area (Å²) in [6, 6.07) is -0.871. The first-order valence-corrected chi connectivity index (χ1v) is 8.67. The number of ketones is 1. The zero-order valence-corrected chi connectivity index (χ0v) is 12.7. The Balaban J connectivity index is 1.95. The van der Waals surface area contributed by atoms with Crippen molar-refractivity contribution in [3.8, 4) is 0 Å². The van der Waals surface area contributed by atoms with Gasteiger partial charge in [-0.15, -0.1) is 0 Å². The highest BCUT2D eigenvalue weighted by molar-refractivity contribution is 7.91. The number of sulfone groups is 1. The van der Waals surface area contributed by atoms with E-state index in [0.29, 0.717) is 22.1 Å². The quantitative estimate of drug-likeness (QED) is 0.808. The number of rotatable bonds is 3. The number of nitrogens with zero attached hydrogens (tertiary/aromatic N) is 1. The van der Waals surface area contributed by atoms with Crippen molar-refractivity contribution in [1.29, 1.82) is 0 Å². The molecule has 1 aliphatic rings. The molecule has 0 spiro atoms. The summed E-state index contributed by atoms with van der Waals surface area (Å²) < 4.78 is 22.6. The average Bonchev–Trinajstić information content (AvgIpc) is 2.81. The van der Waals surface area contributed by atoms with Crippen LogP contribution in [0.1, 0.15) is 28.7 Å². The molecule has 20 heavy (non-hydrogen) atoms. The molecule has 2 heterocycles. The SMILES string of the molecule is CC(=O)c1sc(NC(=O)N[C@@H]2CCS(=O)(=O)C2)nc1C. The molecule has 1 aromatic rings. The van der Waals surface area contributed by atoms with Gasteiger partial charge in [0, 0.05) is 13.0 Å². The maximum Gasteiger partial charge on any atom is 0.321 e. The summed E-state index contributed by atoms with van der Waals surface area (Å²) in [6.07, 6.45) is 0.422. The third kappa shape index (κ3) is 3.54. The van der Waals surface area contributed by atoms with Gasteiger partial charge in [-0.05, 0) is 13.3 Å². The lowest BCUT2D eigenvalue weighted by Crippen LogP contribution is -2.38. The van der Waals surface area contributed by atoms with Gasteiger partial charge in [-0.3, -0.25) is 10.1 Å². The molecule has 110 valence electrons. The normalized spacial score (nSPS) is 20.6. The van der Waals surface area contributed by atoms with E-state index in [0.717, 1.165) is 11.3 Å². The van der Waals surface area contributed by atoms with Gasteiger partial charge in [0.25, 0.3) is 0 Å². The van der Waals surface area contributed by atoms with E-state index in [4.69, 9.17) is 0 Å². The maximum absolute atomic E-state index is 11.7. The van der Waals surface area contributed by atoms with E-state index in [2.05, 4.69) is 15.6 Å². The van der Waals surface area contributed by atoms with Gasteiger partial charge in [-0.25, -0.2) is 18.2 Å². The number of Topliss-reactive ketones (excluding diaryl/α,β-unsaturated/α-hetero) is 1. The van der Waals surface area contributed by atoms with Gasteiger partial charge in [-0.1, -0.05) is 11.3 Å². The van der Waals surface area contributed by atoms with Gasteiger partial charge in [0.2, 0.25) is 0 Å². The minimum atomic E-state index is -3.03. The summed E-state index contributed by atoms with van der Waals surface area (Å²) >= 11 is 1.10. The smallest absolute Gasteiger partial charge is 0.321 e. The molecule has 2 amide bonds. The number of hydrogen-bond acceptors (Lipinski definition) is 6. The average molecular weight is 317 g/mol. The van der Waals surface area contributed by atoms with Crippen molar-refractivity contribution in [3.05, 3.63) is 10.6 Å². The van der Waals surface area contributed by atoms with Crippen LogP contribution in [0, 0.1) is 6.92 Å². The highest BCUT2D eigenvalue weighted by Crippen LogP contribution is 2.22. The molecule has 0 aliphatic carbocycles. The molecular weight excluding hydrogens is 302 g/mol. The van der Waals surface area contributed by atoms with Crippen LogP contribution in [-0.2, 0) is 9.84 Å². The zero-order valence-electron chi connectivity index (χ0n) is 11.1. The predicted molar refractivity (Wildman–Crippen MR) is 76.1 cm³/mol. The maximum atomic E-state index is 11.7. The van der Waals surface area contributed by atoms with Gasteiger partial charge in [0.1, 0.15) is 0 Å². The standard InChI is InChI=1S/C11H15N3O4S2/c1-6-9(7(2)15)19-11(12-6)14-10(16)13-8-3-4-20(17,18)5-8/h8H,3-5H2,1-2H3,(H2,12,13,14,16)/t8-/m1/s1. The highest BCUT2D eigenvalue weighted by atomic mass is 32.2. The van der Waals surface area contributed by atoms with Crippen molar-refractivity contribution in [1.82, 2.24) is 10.3 Å². The third-order valence-electron chi connectivity index (χ3n) is 2.90. The number of nitrogens with one attached hydrogen (secondary N) is 2. The first-order valence-electron chi connectivity index (χ1n) is 6.03. The van der Waals surface area contributed by atoms with Crippen LogP contribution in [-0.4, -0.2) is 42.8 Å². The van der Waals surface area contributed by atoms with E-state index in [1.54, 1.807) is 6.92 Å². The Bertz CT molecular complexity index is 651. The number of urea groups is 1. The van der Waals surface area contributed by atoms with Gasteiger partial charge in [0.05, 0.1) is 22.1 Å². The molecule has 0 aromatic carbocycles. The largest absolute Gasteiger partial charge is 0.334 e. The van der Waals surface area contributed by atoms with Crippen LogP contribution in [0.5, 0.6) is 0 Å². The van der Waals surface area contributed by atoms with Crippen LogP contribution in [0.4, 0.5) is 9.93 Å². The third-order valence-corrected chi connectivity index (χ3v) is 5.85. The van der Waals surface area contributed by atoms with Crippen molar-refractivity contribution in [2.75, 3.05) is 16.8 Å². The summed E-state index contributed by atoms with van der Waals surface area (Å²) in [6.45, 7) is 3.13. The molecule has 2 N–H and O–H groups in total. The molecule has 7 nitrogen and oxygen atoms in total. The second-order valence-corrected chi connectivity index (χ2v) is 7.92. The fourth-order valence-corrected chi connectivity index (χ4v) is 4.53. The lowest BCUT2D eigenvalue weighted by Gasteiger charge is -2.10. The molecule has 1 atom stereocenters. The van der Waals surface area contributed by atoms with Crippen LogP contribution in [0.25, 0.3) is 0 Å². The second kappa shape index (κ2) is 5.49. The molecular formula is C11H15N3O4S2. The van der Waals surface area contributed by atoms with Gasteiger partial charge in [0.15, 0.2) is 20.8 Å². The molecule has 0 bridgehead atoms. The lowest BCUT2D eigenvalue weighted by atomic mass is 10.3. The van der Waals surface area contributed by atoms with E-state index in [-0.39, 0.29) is 23.3 Å². The van der Waals surface area contributed by atoms with Crippen LogP contribution in [0.2, 0.25) is 0 Å². The van der Waals surface area contributed by atoms with Crippen molar-refractivity contribution in [3.63, 3.8) is 0 Å². The molecule has 2 rings (SSSR count). The van der Waals surface area contributed by atoms with Crippen molar-refractivity contribution in [2.45, 2.75) is 26.3 Å². The number of carbonyl (C=O) groups excluding carboxylic acids is 2. The Morgan fingerprint density at radius 2 is 2.10 bits per heavy atom. The van der Waals surface area contributed by atoms with Crippen LogP contribution in [0.15, 0.2) is 0 Å². The summed E-state index contributed by atoms with van der Waals surface area (Å²) in [7, 11) is -3.03. The molecule has 0 radical (unpaired) electrons. The van der Waals surface area contributed by atoms with Crippen molar-refractivity contribution < 1.29 is 18.0 Å². The molecule has 1 aromatic heterocycles. The highest BCUT2D eigenvalue weighted by Gasteiger charge is 2.29. The molecule has 1 saturated heterocycles. The number of thiazole rings is 1. The number of aryl methyl sites for hydroxylation is 1. The Hall–Kier alpha value is -1.48. The van der Waals surface area contributed by atoms with E-state index in [1.165, 1.54) is 6.92 Å². The summed E-state index contributed by atoms with van der Waals surface area (Å²) in [5.74, 6) is -0.0333. The lowest BCUT2D eigenvalue weighted by molar-refractivity contribution is 0.102. The fraction of sp³-hybridized carbons (Fsp3) is 0.545. The van der Waals surface area contributed by atoms with Crippen LogP contribution in [0.3, 0.4) is 0 Å². The van der Waals surface area contributed by atoms with Gasteiger partial charge >= 0.3 is 6.03 Å². The topological polar surface area (TPSA) is 105 Å². The van der Waals surface area contributed by atoms with E-state index in [9.17, 15) is 18.0 Å². The van der Waals surface area contributed by atoms with Crippen molar-refractivity contribution >= 4 is 38.1 Å². The fourth-order valence-electron chi connectivity index (χ4n) is 2.00. The Kier molecular flexibility index (Phi) is 4.09. The number of aromatic nitrogens is 1. The Labute approximate surface area is 120 Å². The Morgan fingerprint density at radius 1 is 1.40 bits per heavy atom. The van der Waals surface area contributed by atoms with Crippen molar-refractivity contribution in [2.24, 2.45) is 0 Å². The number of amides is 2. The van der Waals surface area contributed by atoms with E-state index >= 15 is 0 Å². The van der Waals surface area contributed by atoms with Crippen LogP contribution >= 0.6 is 11.3 Å². The zero-order chi connectivity index (χ0) is 14.9. The number of carbonyl (C=O) groups is 2. The first-order chi connectivity index (χ1) is 9.27. The van der Waals surface area contributed by atoms with Crippen LogP contribution < -0.4 is 10.6 Å². The van der Waals surface area contributed by atoms with Gasteiger partial charge in [-0.2, -0.15) is 0 Å². The molecule has 0 unspecified atom stereocenters. The minimum absolute atomic E-state index is 0.0317. The van der Waals surface area contributed by atoms with E-state index < -0.39 is 15.9 Å². The number of anilines is 1. The minimum Gasteiger partial charge on any atom is -0.334 e. The summed E-state index contributed by atoms with van der Waals surface area (Å²) in [5.41, 5.74) is 0.571. The second-order valence-electron chi connectivity index (χ2n) is 4.69. The monoisotopic (exact) mass is 317 g/mol. The summed E-state index contributed by atoms with van der Waals surface area (Å²) in [4.78, 5) is 27.6. The predicted octanol–water partition coefficient (Wildman–Crippen LogP) is 0.963. The Morgan fingerprint density at radius 3 is 2.60 bits per heavy atom. The number of hydrogen-bond donors (Lipinski definition) is 2. The van der Waals surface area contributed by atoms with E-state index in [1.807, 2.05) is 0 Å². The first kappa shape index (κ1) is 14.9. The molecule has 9 heteroatoms. The molecule has 1 aliphatic heterocycles. The molecule has 1 fully saturated rings. The molecule has 0 saturated carbocycles.